The van der Waals surface area contributed by atoms with Gasteiger partial charge in [0.25, 0.3) is 0 Å². The second-order valence-corrected chi connectivity index (χ2v) is 16.3. The number of allylic oxidation sites excluding steroid dienone is 8. The Kier molecular flexibility index (Phi) is 42.2. The molecule has 0 radical (unpaired) electrons. The van der Waals surface area contributed by atoms with E-state index in [2.05, 4.69) is 74.7 Å². The highest BCUT2D eigenvalue weighted by atomic mass is 16.5. The Bertz CT molecular complexity index is 972. The Hall–Kier alpha value is -2.18. The molecule has 0 bridgehead atoms. The van der Waals surface area contributed by atoms with Crippen molar-refractivity contribution in [1.82, 2.24) is 5.32 Å². The molecule has 3 N–H and O–H groups in total. The van der Waals surface area contributed by atoms with Crippen molar-refractivity contribution in [3.05, 3.63) is 48.6 Å². The van der Waals surface area contributed by atoms with Crippen molar-refractivity contribution in [1.29, 1.82) is 0 Å². The Balaban J connectivity index is 4.45. The number of ether oxygens (including phenoxy) is 1. The van der Waals surface area contributed by atoms with Gasteiger partial charge in [-0.25, -0.2) is 0 Å². The highest BCUT2D eigenvalue weighted by Gasteiger charge is 2.24. The van der Waals surface area contributed by atoms with Gasteiger partial charge in [0.1, 0.15) is 6.10 Å². The van der Waals surface area contributed by atoms with Crippen molar-refractivity contribution < 1.29 is 24.5 Å². The number of rotatable bonds is 42. The molecule has 0 spiro atoms. The Morgan fingerprint density at radius 2 is 0.911 bits per heavy atom. The van der Waals surface area contributed by atoms with Crippen molar-refractivity contribution in [2.75, 3.05) is 6.61 Å². The van der Waals surface area contributed by atoms with E-state index in [-0.39, 0.29) is 24.9 Å². The number of hydrogen-bond donors (Lipinski definition) is 3. The van der Waals surface area contributed by atoms with Crippen molar-refractivity contribution in [2.24, 2.45) is 0 Å². The minimum atomic E-state index is -0.788. The second kappa shape index (κ2) is 43.9. The summed E-state index contributed by atoms with van der Waals surface area (Å²) in [6, 6.07) is -0.702. The summed E-state index contributed by atoms with van der Waals surface area (Å²) in [6.45, 7) is 6.40. The number of amides is 1. The number of nitrogens with one attached hydrogen (secondary N) is 1. The molecule has 3 atom stereocenters. The number of esters is 1. The molecule has 0 aromatic carbocycles. The van der Waals surface area contributed by atoms with Crippen molar-refractivity contribution in [3.8, 4) is 0 Å². The van der Waals surface area contributed by atoms with Crippen molar-refractivity contribution in [3.63, 3.8) is 0 Å². The van der Waals surface area contributed by atoms with E-state index in [0.717, 1.165) is 83.5 Å². The van der Waals surface area contributed by atoms with Crippen LogP contribution in [0, 0.1) is 0 Å². The van der Waals surface area contributed by atoms with E-state index >= 15 is 0 Å². The van der Waals surface area contributed by atoms with Crippen LogP contribution < -0.4 is 5.32 Å². The maximum absolute atomic E-state index is 13.1. The van der Waals surface area contributed by atoms with Crippen LogP contribution in [0.1, 0.15) is 233 Å². The van der Waals surface area contributed by atoms with Crippen LogP contribution >= 0.6 is 0 Å². The van der Waals surface area contributed by atoms with Crippen molar-refractivity contribution >= 4 is 11.9 Å². The largest absolute Gasteiger partial charge is 0.462 e. The summed E-state index contributed by atoms with van der Waals surface area (Å²) in [7, 11) is 0. The van der Waals surface area contributed by atoms with E-state index in [1.54, 1.807) is 0 Å². The number of aliphatic hydroxyl groups excluding tert-OH is 2. The number of unbranched alkanes of at least 4 members (excludes halogenated alkanes) is 25. The minimum absolute atomic E-state index is 0.0680. The van der Waals surface area contributed by atoms with E-state index in [1.165, 1.54) is 103 Å². The van der Waals surface area contributed by atoms with Gasteiger partial charge in [-0.1, -0.05) is 217 Å². The molecular weight excluding hydrogens is 695 g/mol. The number of hydrogen-bond acceptors (Lipinski definition) is 5. The Labute approximate surface area is 346 Å². The smallest absolute Gasteiger partial charge is 0.306 e. The fourth-order valence-corrected chi connectivity index (χ4v) is 7.09. The number of carbonyl (C=O) groups excluding carboxylic acids is 2. The van der Waals surface area contributed by atoms with Gasteiger partial charge in [-0.05, 0) is 51.4 Å². The highest BCUT2D eigenvalue weighted by molar-refractivity contribution is 5.77. The lowest BCUT2D eigenvalue weighted by molar-refractivity contribution is -0.151. The summed E-state index contributed by atoms with van der Waals surface area (Å²) in [5.74, 6) is -0.503. The molecule has 56 heavy (non-hydrogen) atoms. The van der Waals surface area contributed by atoms with E-state index < -0.39 is 18.2 Å². The number of carbonyl (C=O) groups is 2. The molecule has 0 rings (SSSR count). The molecule has 0 heterocycles. The summed E-state index contributed by atoms with van der Waals surface area (Å²) < 4.78 is 5.88. The van der Waals surface area contributed by atoms with Gasteiger partial charge < -0.3 is 20.3 Å². The normalized spacial score (nSPS) is 13.7. The molecule has 0 aliphatic carbocycles. The van der Waals surface area contributed by atoms with Gasteiger partial charge in [0, 0.05) is 6.42 Å². The Morgan fingerprint density at radius 3 is 1.41 bits per heavy atom. The van der Waals surface area contributed by atoms with Crippen LogP contribution in [-0.2, 0) is 14.3 Å². The summed E-state index contributed by atoms with van der Waals surface area (Å²) in [5.41, 5.74) is 0. The van der Waals surface area contributed by atoms with Crippen LogP contribution in [0.2, 0.25) is 0 Å². The molecule has 0 aliphatic heterocycles. The first-order valence-corrected chi connectivity index (χ1v) is 23.9. The van der Waals surface area contributed by atoms with Crippen LogP contribution in [0.15, 0.2) is 48.6 Å². The van der Waals surface area contributed by atoms with Crippen LogP contribution in [0.3, 0.4) is 0 Å². The van der Waals surface area contributed by atoms with Crippen LogP contribution in [0.5, 0.6) is 0 Å². The summed E-state index contributed by atoms with van der Waals surface area (Å²) in [6.07, 6.45) is 51.7. The first-order valence-electron chi connectivity index (χ1n) is 23.9. The second-order valence-electron chi connectivity index (χ2n) is 16.3. The Morgan fingerprint density at radius 1 is 0.518 bits per heavy atom. The van der Waals surface area contributed by atoms with Crippen LogP contribution in [0.4, 0.5) is 0 Å². The van der Waals surface area contributed by atoms with Gasteiger partial charge in [-0.15, -0.1) is 0 Å². The third-order valence-corrected chi connectivity index (χ3v) is 10.8. The van der Waals surface area contributed by atoms with Gasteiger partial charge in [0.2, 0.25) is 5.91 Å². The molecular formula is C50H91NO5. The average molecular weight is 786 g/mol. The van der Waals surface area contributed by atoms with Crippen molar-refractivity contribution in [2.45, 2.75) is 251 Å². The van der Waals surface area contributed by atoms with E-state index in [1.807, 2.05) is 0 Å². The van der Waals surface area contributed by atoms with E-state index in [9.17, 15) is 19.8 Å². The molecule has 0 aromatic heterocycles. The predicted molar refractivity (Wildman–Crippen MR) is 241 cm³/mol. The first-order chi connectivity index (χ1) is 27.5. The third kappa shape index (κ3) is 38.7. The molecule has 6 nitrogen and oxygen atoms in total. The molecule has 0 saturated heterocycles. The molecule has 3 unspecified atom stereocenters. The van der Waals surface area contributed by atoms with Crippen LogP contribution in [-0.4, -0.2) is 46.9 Å². The highest BCUT2D eigenvalue weighted by Crippen LogP contribution is 2.17. The lowest BCUT2D eigenvalue weighted by Gasteiger charge is -2.24. The van der Waals surface area contributed by atoms with Gasteiger partial charge in [0.05, 0.1) is 25.2 Å². The predicted octanol–water partition coefficient (Wildman–Crippen LogP) is 13.9. The zero-order chi connectivity index (χ0) is 41.0. The zero-order valence-corrected chi connectivity index (χ0v) is 37.0. The molecule has 0 aromatic rings. The summed E-state index contributed by atoms with van der Waals surface area (Å²) in [4.78, 5) is 25.9. The van der Waals surface area contributed by atoms with Gasteiger partial charge in [-0.3, -0.25) is 9.59 Å². The molecule has 326 valence electrons. The topological polar surface area (TPSA) is 95.9 Å². The fraction of sp³-hybridized carbons (Fsp3) is 0.800. The summed E-state index contributed by atoms with van der Waals surface area (Å²) >= 11 is 0. The molecule has 0 saturated carbocycles. The average Bonchev–Trinajstić information content (AvgIpc) is 3.19. The summed E-state index contributed by atoms with van der Waals surface area (Å²) in [5, 5.41) is 23.6. The quantitative estimate of drug-likeness (QED) is 0.0325. The lowest BCUT2D eigenvalue weighted by atomic mass is 10.0. The van der Waals surface area contributed by atoms with Gasteiger partial charge >= 0.3 is 5.97 Å². The number of aliphatic hydroxyl groups is 2. The fourth-order valence-electron chi connectivity index (χ4n) is 7.09. The third-order valence-electron chi connectivity index (χ3n) is 10.8. The maximum Gasteiger partial charge on any atom is 0.306 e. The zero-order valence-electron chi connectivity index (χ0n) is 37.0. The SMILES string of the molecule is CCCCC/C=C/C=C/C=C/C=C/CCCCCCCC(=O)OC(CCCCCCCCC)CC(=O)NC(CO)C(O)CCCCCCCCCCCCCC. The maximum atomic E-state index is 13.1. The standard InChI is InChI=1S/C50H91NO5/c1-4-7-10-13-16-18-20-22-23-24-25-26-27-29-31-34-37-40-43-50(55)56-46(41-38-35-32-15-12-9-6-3)44-49(54)51-47(45-52)48(53)42-39-36-33-30-28-21-19-17-14-11-8-5-2/h16,18,20,22-26,46-48,52-53H,4-15,17,19,21,27-45H2,1-3H3,(H,51,54)/b18-16+,22-20+,24-23+,26-25+. The molecule has 6 heteroatoms. The van der Waals surface area contributed by atoms with E-state index in [0.29, 0.717) is 19.3 Å². The van der Waals surface area contributed by atoms with Crippen LogP contribution in [0.25, 0.3) is 0 Å². The monoisotopic (exact) mass is 786 g/mol. The first kappa shape index (κ1) is 53.8. The molecule has 0 aliphatic rings. The lowest BCUT2D eigenvalue weighted by Crippen LogP contribution is -2.46. The van der Waals surface area contributed by atoms with Gasteiger partial charge in [0.15, 0.2) is 0 Å². The molecule has 0 fully saturated rings. The minimum Gasteiger partial charge on any atom is -0.462 e. The van der Waals surface area contributed by atoms with E-state index in [4.69, 9.17) is 4.74 Å². The molecule has 1 amide bonds. The van der Waals surface area contributed by atoms with Gasteiger partial charge in [-0.2, -0.15) is 0 Å².